The van der Waals surface area contributed by atoms with Crippen molar-refractivity contribution in [3.63, 3.8) is 0 Å². The van der Waals surface area contributed by atoms with Gasteiger partial charge in [0.05, 0.1) is 0 Å². The minimum Gasteiger partial charge on any atom is -0.0847 e. The first-order valence-electron chi connectivity index (χ1n) is 6.08. The Morgan fingerprint density at radius 2 is 2.00 bits per heavy atom. The van der Waals surface area contributed by atoms with E-state index in [4.69, 9.17) is 0 Å². The molecule has 0 heterocycles. The summed E-state index contributed by atoms with van der Waals surface area (Å²) in [4.78, 5) is 0. The van der Waals surface area contributed by atoms with Crippen LogP contribution in [0.4, 0.5) is 0 Å². The fourth-order valence-electron chi connectivity index (χ4n) is 1.77. The van der Waals surface area contributed by atoms with Crippen molar-refractivity contribution < 1.29 is 0 Å². The Kier molecular flexibility index (Phi) is 5.04. The molecule has 1 rings (SSSR count). The van der Waals surface area contributed by atoms with Gasteiger partial charge in [-0.1, -0.05) is 55.3 Å². The van der Waals surface area contributed by atoms with Gasteiger partial charge in [0.2, 0.25) is 0 Å². The quantitative estimate of drug-likeness (QED) is 0.618. The molecule has 0 aliphatic carbocycles. The summed E-state index contributed by atoms with van der Waals surface area (Å²) >= 11 is 0. The van der Waals surface area contributed by atoms with Crippen LogP contribution < -0.4 is 0 Å². The molecule has 0 saturated carbocycles. The molecule has 0 amide bonds. The molecule has 0 saturated heterocycles. The standard InChI is InChI=1S/C16H22/c1-5-8-15-9-7-10-16(12-15)14(4)11-13(3)6-2/h6-7,9-12H,5,8H2,1-4H3/b13-6+,14-11+. The summed E-state index contributed by atoms with van der Waals surface area (Å²) in [5.74, 6) is 0. The highest BCUT2D eigenvalue weighted by atomic mass is 14.0. The van der Waals surface area contributed by atoms with Crippen molar-refractivity contribution in [2.24, 2.45) is 0 Å². The molecule has 0 bridgehead atoms. The molecule has 1 aromatic rings. The highest BCUT2D eigenvalue weighted by molar-refractivity contribution is 5.66. The minimum absolute atomic E-state index is 1.17. The first kappa shape index (κ1) is 12.8. The van der Waals surface area contributed by atoms with Crippen LogP contribution in [0.5, 0.6) is 0 Å². The molecule has 0 atom stereocenters. The van der Waals surface area contributed by atoms with Crippen LogP contribution in [0.25, 0.3) is 5.57 Å². The van der Waals surface area contributed by atoms with Gasteiger partial charge in [0, 0.05) is 0 Å². The van der Waals surface area contributed by atoms with Crippen molar-refractivity contribution in [3.8, 4) is 0 Å². The monoisotopic (exact) mass is 214 g/mol. The van der Waals surface area contributed by atoms with Crippen molar-refractivity contribution in [1.29, 1.82) is 0 Å². The summed E-state index contributed by atoms with van der Waals surface area (Å²) in [5.41, 5.74) is 5.44. The lowest BCUT2D eigenvalue weighted by Gasteiger charge is -2.05. The Balaban J connectivity index is 2.95. The Morgan fingerprint density at radius 1 is 1.25 bits per heavy atom. The Bertz CT molecular complexity index is 394. The molecule has 16 heavy (non-hydrogen) atoms. The fraction of sp³-hybridized carbons (Fsp3) is 0.375. The van der Waals surface area contributed by atoms with Crippen LogP contribution in [-0.4, -0.2) is 0 Å². The van der Waals surface area contributed by atoms with E-state index < -0.39 is 0 Å². The van der Waals surface area contributed by atoms with E-state index >= 15 is 0 Å². The fourth-order valence-corrected chi connectivity index (χ4v) is 1.77. The second-order valence-corrected chi connectivity index (χ2v) is 4.31. The van der Waals surface area contributed by atoms with E-state index in [1.165, 1.54) is 35.1 Å². The zero-order valence-corrected chi connectivity index (χ0v) is 10.9. The van der Waals surface area contributed by atoms with Gasteiger partial charge in [0.25, 0.3) is 0 Å². The lowest BCUT2D eigenvalue weighted by Crippen LogP contribution is -1.86. The second kappa shape index (κ2) is 6.32. The molecule has 0 heteroatoms. The molecule has 0 unspecified atom stereocenters. The first-order chi connectivity index (χ1) is 7.67. The number of allylic oxidation sites excluding steroid dienone is 4. The maximum atomic E-state index is 2.30. The molecular weight excluding hydrogens is 192 g/mol. The van der Waals surface area contributed by atoms with E-state index in [1.54, 1.807) is 0 Å². The van der Waals surface area contributed by atoms with E-state index in [-0.39, 0.29) is 0 Å². The Labute approximate surface area is 99.7 Å². The third-order valence-corrected chi connectivity index (χ3v) is 2.82. The summed E-state index contributed by atoms with van der Waals surface area (Å²) in [5, 5.41) is 0. The van der Waals surface area contributed by atoms with Gasteiger partial charge in [-0.25, -0.2) is 0 Å². The molecule has 0 spiro atoms. The largest absolute Gasteiger partial charge is 0.0847 e. The molecule has 0 fully saturated rings. The summed E-state index contributed by atoms with van der Waals surface area (Å²) < 4.78 is 0. The SMILES string of the molecule is C/C=C(C)/C=C(\C)c1cccc(CCC)c1. The summed E-state index contributed by atoms with van der Waals surface area (Å²) in [6, 6.07) is 8.86. The van der Waals surface area contributed by atoms with Gasteiger partial charge < -0.3 is 0 Å². The van der Waals surface area contributed by atoms with E-state index in [9.17, 15) is 0 Å². The molecule has 0 nitrogen and oxygen atoms in total. The van der Waals surface area contributed by atoms with Gasteiger partial charge in [-0.3, -0.25) is 0 Å². The maximum absolute atomic E-state index is 2.30. The van der Waals surface area contributed by atoms with Crippen LogP contribution >= 0.6 is 0 Å². The van der Waals surface area contributed by atoms with Gasteiger partial charge in [-0.2, -0.15) is 0 Å². The van der Waals surface area contributed by atoms with Gasteiger partial charge in [0.1, 0.15) is 0 Å². The Hall–Kier alpha value is -1.30. The summed E-state index contributed by atoms with van der Waals surface area (Å²) in [7, 11) is 0. The maximum Gasteiger partial charge on any atom is -0.0225 e. The van der Waals surface area contributed by atoms with E-state index in [0.29, 0.717) is 0 Å². The predicted molar refractivity (Wildman–Crippen MR) is 73.5 cm³/mol. The average Bonchev–Trinajstić information content (AvgIpc) is 2.29. The lowest BCUT2D eigenvalue weighted by molar-refractivity contribution is 0.921. The molecule has 86 valence electrons. The summed E-state index contributed by atoms with van der Waals surface area (Å²) in [6.07, 6.45) is 6.76. The predicted octanol–water partition coefficient (Wildman–Crippen LogP) is 5.01. The van der Waals surface area contributed by atoms with Crippen molar-refractivity contribution in [1.82, 2.24) is 0 Å². The first-order valence-corrected chi connectivity index (χ1v) is 6.08. The second-order valence-electron chi connectivity index (χ2n) is 4.31. The zero-order chi connectivity index (χ0) is 12.0. The summed E-state index contributed by atoms with van der Waals surface area (Å²) in [6.45, 7) is 8.61. The molecule has 0 radical (unpaired) electrons. The third-order valence-electron chi connectivity index (χ3n) is 2.82. The van der Waals surface area contributed by atoms with Gasteiger partial charge >= 0.3 is 0 Å². The van der Waals surface area contributed by atoms with Crippen LogP contribution in [-0.2, 0) is 6.42 Å². The van der Waals surface area contributed by atoms with Crippen LogP contribution in [0, 0.1) is 0 Å². The zero-order valence-electron chi connectivity index (χ0n) is 10.9. The number of aryl methyl sites for hydroxylation is 1. The molecule has 0 N–H and O–H groups in total. The normalized spacial score (nSPS) is 13.0. The third kappa shape index (κ3) is 3.69. The van der Waals surface area contributed by atoms with Crippen molar-refractivity contribution in [2.45, 2.75) is 40.5 Å². The highest BCUT2D eigenvalue weighted by Crippen LogP contribution is 2.18. The van der Waals surface area contributed by atoms with Crippen LogP contribution in [0.1, 0.15) is 45.2 Å². The average molecular weight is 214 g/mol. The number of hydrogen-bond acceptors (Lipinski definition) is 0. The highest BCUT2D eigenvalue weighted by Gasteiger charge is 1.97. The van der Waals surface area contributed by atoms with Gasteiger partial charge in [0.15, 0.2) is 0 Å². The van der Waals surface area contributed by atoms with Gasteiger partial charge in [-0.05, 0) is 43.9 Å². The smallest absolute Gasteiger partial charge is 0.0225 e. The van der Waals surface area contributed by atoms with Crippen molar-refractivity contribution >= 4 is 5.57 Å². The molecule has 0 aliphatic heterocycles. The molecular formula is C16H22. The molecule has 0 aromatic heterocycles. The van der Waals surface area contributed by atoms with E-state index in [0.717, 1.165) is 0 Å². The minimum atomic E-state index is 1.17. The number of benzene rings is 1. The van der Waals surface area contributed by atoms with E-state index in [2.05, 4.69) is 64.1 Å². The van der Waals surface area contributed by atoms with Crippen LogP contribution in [0.15, 0.2) is 42.0 Å². The molecule has 1 aromatic carbocycles. The van der Waals surface area contributed by atoms with Gasteiger partial charge in [-0.15, -0.1) is 0 Å². The van der Waals surface area contributed by atoms with Crippen LogP contribution in [0.2, 0.25) is 0 Å². The number of rotatable bonds is 4. The van der Waals surface area contributed by atoms with Crippen LogP contribution in [0.3, 0.4) is 0 Å². The van der Waals surface area contributed by atoms with Crippen molar-refractivity contribution in [3.05, 3.63) is 53.1 Å². The molecule has 0 aliphatic rings. The lowest BCUT2D eigenvalue weighted by atomic mass is 10.0. The van der Waals surface area contributed by atoms with E-state index in [1.807, 2.05) is 0 Å². The number of hydrogen-bond donors (Lipinski definition) is 0. The Morgan fingerprint density at radius 3 is 2.62 bits per heavy atom. The topological polar surface area (TPSA) is 0 Å². The van der Waals surface area contributed by atoms with Crippen molar-refractivity contribution in [2.75, 3.05) is 0 Å².